The molecule has 0 aliphatic carbocycles. The van der Waals surface area contributed by atoms with Crippen molar-refractivity contribution in [2.45, 2.75) is 37.2 Å². The van der Waals surface area contributed by atoms with Crippen LogP contribution in [0.2, 0.25) is 0 Å². The number of hydrogen-bond donors (Lipinski definition) is 0. The summed E-state index contributed by atoms with van der Waals surface area (Å²) < 4.78 is 24.7. The maximum absolute atomic E-state index is 13.4. The van der Waals surface area contributed by atoms with Gasteiger partial charge in [-0.15, -0.1) is 0 Å². The van der Waals surface area contributed by atoms with Gasteiger partial charge < -0.3 is 14.4 Å². The number of epoxide rings is 1. The van der Waals surface area contributed by atoms with Crippen molar-refractivity contribution in [3.63, 3.8) is 0 Å². The van der Waals surface area contributed by atoms with Crippen molar-refractivity contribution in [2.24, 2.45) is 0 Å². The molecule has 1 amide bonds. The minimum absolute atomic E-state index is 0.00257. The highest BCUT2D eigenvalue weighted by molar-refractivity contribution is 5.82. The summed E-state index contributed by atoms with van der Waals surface area (Å²) >= 11 is 0. The fourth-order valence-corrected chi connectivity index (χ4v) is 4.19. The predicted octanol–water partition coefficient (Wildman–Crippen LogP) is 2.86. The standard InChI is InChI=1S/C21H20FNO3/c22-15-7-5-14(6-8-15)20-16-4-2-1-3-13(16)9-10-23(20)21(24)18-11-17-19(26-17)12-25-18/h1-8,17-20H,9-12H2/t17-,18-,19+,20+/m1/s1. The molecule has 5 heteroatoms. The summed E-state index contributed by atoms with van der Waals surface area (Å²) in [5.41, 5.74) is 3.26. The number of halogens is 1. The van der Waals surface area contributed by atoms with E-state index in [1.807, 2.05) is 17.0 Å². The Morgan fingerprint density at radius 2 is 1.88 bits per heavy atom. The zero-order valence-electron chi connectivity index (χ0n) is 14.3. The Morgan fingerprint density at radius 1 is 1.08 bits per heavy atom. The van der Waals surface area contributed by atoms with E-state index in [-0.39, 0.29) is 30.0 Å². The van der Waals surface area contributed by atoms with Crippen molar-refractivity contribution in [1.29, 1.82) is 0 Å². The summed E-state index contributed by atoms with van der Waals surface area (Å²) in [6, 6.07) is 14.4. The van der Waals surface area contributed by atoms with Crippen molar-refractivity contribution in [3.05, 3.63) is 71.0 Å². The Morgan fingerprint density at radius 3 is 2.69 bits per heavy atom. The van der Waals surface area contributed by atoms with E-state index >= 15 is 0 Å². The minimum Gasteiger partial charge on any atom is -0.367 e. The maximum atomic E-state index is 13.4. The molecule has 0 aromatic heterocycles. The van der Waals surface area contributed by atoms with Gasteiger partial charge in [-0.05, 0) is 35.2 Å². The van der Waals surface area contributed by atoms with E-state index in [9.17, 15) is 9.18 Å². The lowest BCUT2D eigenvalue weighted by atomic mass is 9.87. The quantitative estimate of drug-likeness (QED) is 0.780. The lowest BCUT2D eigenvalue weighted by Crippen LogP contribution is -2.48. The van der Waals surface area contributed by atoms with Crippen LogP contribution in [0.25, 0.3) is 0 Å². The third-order valence-electron chi connectivity index (χ3n) is 5.62. The van der Waals surface area contributed by atoms with Crippen LogP contribution >= 0.6 is 0 Å². The van der Waals surface area contributed by atoms with Crippen LogP contribution in [0.3, 0.4) is 0 Å². The molecule has 0 bridgehead atoms. The van der Waals surface area contributed by atoms with Crippen LogP contribution in [0.15, 0.2) is 48.5 Å². The number of hydrogen-bond acceptors (Lipinski definition) is 3. The first-order valence-electron chi connectivity index (χ1n) is 9.11. The summed E-state index contributed by atoms with van der Waals surface area (Å²) in [4.78, 5) is 15.1. The van der Waals surface area contributed by atoms with Gasteiger partial charge in [0.05, 0.1) is 18.8 Å². The van der Waals surface area contributed by atoms with Crippen molar-refractivity contribution in [3.8, 4) is 0 Å². The van der Waals surface area contributed by atoms with Gasteiger partial charge in [-0.2, -0.15) is 0 Å². The molecule has 0 saturated carbocycles. The molecule has 26 heavy (non-hydrogen) atoms. The SMILES string of the molecule is O=C([C@H]1C[C@H]2O[C@H]2CO1)N1CCc2ccccc2[C@@H]1c1ccc(F)cc1. The molecule has 2 aromatic rings. The van der Waals surface area contributed by atoms with Crippen molar-refractivity contribution in [2.75, 3.05) is 13.2 Å². The number of benzene rings is 2. The maximum Gasteiger partial charge on any atom is 0.252 e. The number of amides is 1. The lowest BCUT2D eigenvalue weighted by molar-refractivity contribution is -0.147. The summed E-state index contributed by atoms with van der Waals surface area (Å²) in [5, 5.41) is 0. The highest BCUT2D eigenvalue weighted by Crippen LogP contribution is 2.38. The molecule has 3 aliphatic rings. The topological polar surface area (TPSA) is 42.1 Å². The number of fused-ring (bicyclic) bond motifs is 2. The van der Waals surface area contributed by atoms with Crippen LogP contribution in [0, 0.1) is 5.82 Å². The Hall–Kier alpha value is -2.24. The van der Waals surface area contributed by atoms with Crippen LogP contribution in [0.5, 0.6) is 0 Å². The zero-order chi connectivity index (χ0) is 17.7. The summed E-state index contributed by atoms with van der Waals surface area (Å²) in [6.45, 7) is 1.12. The average Bonchev–Trinajstić information content (AvgIpc) is 3.46. The Kier molecular flexibility index (Phi) is 3.80. The number of carbonyl (C=O) groups excluding carboxylic acids is 1. The van der Waals surface area contributed by atoms with Gasteiger partial charge in [0.25, 0.3) is 5.91 Å². The van der Waals surface area contributed by atoms with Crippen LogP contribution in [0.1, 0.15) is 29.2 Å². The van der Waals surface area contributed by atoms with Crippen LogP contribution < -0.4 is 0 Å². The number of nitrogens with zero attached hydrogens (tertiary/aromatic N) is 1. The van der Waals surface area contributed by atoms with Crippen LogP contribution in [-0.4, -0.2) is 42.3 Å². The summed E-state index contributed by atoms with van der Waals surface area (Å²) in [6.07, 6.45) is 1.33. The van der Waals surface area contributed by atoms with Crippen LogP contribution in [-0.2, 0) is 20.7 Å². The summed E-state index contributed by atoms with van der Waals surface area (Å²) in [5.74, 6) is -0.272. The minimum atomic E-state index is -0.452. The molecule has 3 aliphatic heterocycles. The van der Waals surface area contributed by atoms with E-state index in [0.717, 1.165) is 17.5 Å². The Balaban J connectivity index is 1.50. The number of ether oxygens (including phenoxy) is 2. The van der Waals surface area contributed by atoms with Crippen molar-refractivity contribution >= 4 is 5.91 Å². The molecule has 2 fully saturated rings. The molecule has 4 atom stereocenters. The third-order valence-corrected chi connectivity index (χ3v) is 5.62. The fourth-order valence-electron chi connectivity index (χ4n) is 4.19. The average molecular weight is 353 g/mol. The Bertz CT molecular complexity index is 837. The zero-order valence-corrected chi connectivity index (χ0v) is 14.3. The molecule has 5 rings (SSSR count). The van der Waals surface area contributed by atoms with E-state index in [2.05, 4.69) is 12.1 Å². The van der Waals surface area contributed by atoms with E-state index in [4.69, 9.17) is 9.47 Å². The lowest BCUT2D eigenvalue weighted by Gasteiger charge is -2.39. The molecule has 4 nitrogen and oxygen atoms in total. The largest absolute Gasteiger partial charge is 0.367 e. The second-order valence-corrected chi connectivity index (χ2v) is 7.21. The van der Waals surface area contributed by atoms with Gasteiger partial charge in [0.2, 0.25) is 0 Å². The van der Waals surface area contributed by atoms with E-state index in [0.29, 0.717) is 19.6 Å². The van der Waals surface area contributed by atoms with Gasteiger partial charge in [-0.3, -0.25) is 4.79 Å². The van der Waals surface area contributed by atoms with Crippen molar-refractivity contribution < 1.29 is 18.7 Å². The smallest absolute Gasteiger partial charge is 0.252 e. The summed E-state index contributed by atoms with van der Waals surface area (Å²) in [7, 11) is 0. The van der Waals surface area contributed by atoms with E-state index in [1.54, 1.807) is 12.1 Å². The number of rotatable bonds is 2. The highest BCUT2D eigenvalue weighted by Gasteiger charge is 2.48. The van der Waals surface area contributed by atoms with Crippen molar-refractivity contribution in [1.82, 2.24) is 4.90 Å². The molecule has 3 heterocycles. The van der Waals surface area contributed by atoms with Crippen LogP contribution in [0.4, 0.5) is 4.39 Å². The molecule has 134 valence electrons. The van der Waals surface area contributed by atoms with Gasteiger partial charge >= 0.3 is 0 Å². The molecular weight excluding hydrogens is 333 g/mol. The monoisotopic (exact) mass is 353 g/mol. The molecule has 0 unspecified atom stereocenters. The first-order valence-corrected chi connectivity index (χ1v) is 9.11. The first kappa shape index (κ1) is 16.0. The molecule has 0 radical (unpaired) electrons. The molecule has 0 N–H and O–H groups in total. The normalized spacial score (nSPS) is 29.7. The molecular formula is C21H20FNO3. The molecule has 2 aromatic carbocycles. The van der Waals surface area contributed by atoms with E-state index < -0.39 is 6.10 Å². The number of carbonyl (C=O) groups is 1. The Labute approximate surface area is 151 Å². The highest BCUT2D eigenvalue weighted by atomic mass is 19.1. The molecule has 0 spiro atoms. The van der Waals surface area contributed by atoms with Gasteiger partial charge in [-0.25, -0.2) is 4.39 Å². The van der Waals surface area contributed by atoms with E-state index in [1.165, 1.54) is 17.7 Å². The molecule has 2 saturated heterocycles. The second kappa shape index (κ2) is 6.18. The van der Waals surface area contributed by atoms with Gasteiger partial charge in [-0.1, -0.05) is 36.4 Å². The third kappa shape index (κ3) is 2.72. The second-order valence-electron chi connectivity index (χ2n) is 7.21. The van der Waals surface area contributed by atoms with Gasteiger partial charge in [0, 0.05) is 13.0 Å². The van der Waals surface area contributed by atoms with Gasteiger partial charge in [0.1, 0.15) is 18.0 Å². The predicted molar refractivity (Wildman–Crippen MR) is 93.1 cm³/mol. The first-order chi connectivity index (χ1) is 12.7. The fraction of sp³-hybridized carbons (Fsp3) is 0.381. The van der Waals surface area contributed by atoms with Gasteiger partial charge in [0.15, 0.2) is 0 Å².